The highest BCUT2D eigenvalue weighted by Gasteiger charge is 2.14. The number of benzene rings is 1. The predicted octanol–water partition coefficient (Wildman–Crippen LogP) is 3.79. The summed E-state index contributed by atoms with van der Waals surface area (Å²) in [6, 6.07) is 2.99. The third-order valence-electron chi connectivity index (χ3n) is 1.77. The number of hydrogen-bond donors (Lipinski definition) is 1. The standard InChI is InChI=1S/C10H10Cl3NO/c1-2-3-14-10(15)9-7(12)4-6(11)5-8(9)13/h4-5H,2-3H2,1H3,(H,14,15). The number of amides is 1. The van der Waals surface area contributed by atoms with Gasteiger partial charge in [-0.1, -0.05) is 41.7 Å². The molecule has 0 atom stereocenters. The summed E-state index contributed by atoms with van der Waals surface area (Å²) in [6.07, 6.45) is 0.856. The Labute approximate surface area is 104 Å². The molecule has 1 N–H and O–H groups in total. The fraction of sp³-hybridized carbons (Fsp3) is 0.300. The Morgan fingerprint density at radius 1 is 1.27 bits per heavy atom. The molecular weight excluding hydrogens is 256 g/mol. The van der Waals surface area contributed by atoms with Crippen LogP contribution < -0.4 is 5.32 Å². The molecule has 0 aliphatic heterocycles. The van der Waals surface area contributed by atoms with E-state index in [9.17, 15) is 4.79 Å². The van der Waals surface area contributed by atoms with Crippen LogP contribution in [0.1, 0.15) is 23.7 Å². The quantitative estimate of drug-likeness (QED) is 0.886. The predicted molar refractivity (Wildman–Crippen MR) is 64.1 cm³/mol. The van der Waals surface area contributed by atoms with Crippen LogP contribution in [0, 0.1) is 0 Å². The number of nitrogens with one attached hydrogen (secondary N) is 1. The second kappa shape index (κ2) is 5.59. The molecule has 1 rings (SSSR count). The van der Waals surface area contributed by atoms with Gasteiger partial charge < -0.3 is 5.32 Å². The summed E-state index contributed by atoms with van der Waals surface area (Å²) < 4.78 is 0. The van der Waals surface area contributed by atoms with Gasteiger partial charge in [0.25, 0.3) is 5.91 Å². The third-order valence-corrected chi connectivity index (χ3v) is 2.58. The zero-order chi connectivity index (χ0) is 11.4. The zero-order valence-corrected chi connectivity index (χ0v) is 10.4. The van der Waals surface area contributed by atoms with Gasteiger partial charge in [-0.25, -0.2) is 0 Å². The van der Waals surface area contributed by atoms with E-state index >= 15 is 0 Å². The van der Waals surface area contributed by atoms with E-state index < -0.39 is 0 Å². The Hall–Kier alpha value is -0.440. The molecule has 0 heterocycles. The van der Waals surface area contributed by atoms with Crippen molar-refractivity contribution in [2.45, 2.75) is 13.3 Å². The van der Waals surface area contributed by atoms with E-state index in [4.69, 9.17) is 34.8 Å². The fourth-order valence-electron chi connectivity index (χ4n) is 1.09. The lowest BCUT2D eigenvalue weighted by Crippen LogP contribution is -2.24. The maximum atomic E-state index is 11.6. The largest absolute Gasteiger partial charge is 0.352 e. The van der Waals surface area contributed by atoms with Crippen molar-refractivity contribution in [3.63, 3.8) is 0 Å². The van der Waals surface area contributed by atoms with Gasteiger partial charge in [0.05, 0.1) is 15.6 Å². The fourth-order valence-corrected chi connectivity index (χ4v) is 2.07. The van der Waals surface area contributed by atoms with Gasteiger partial charge in [-0.2, -0.15) is 0 Å². The van der Waals surface area contributed by atoms with Crippen LogP contribution in [0.5, 0.6) is 0 Å². The second-order valence-electron chi connectivity index (χ2n) is 3.00. The lowest BCUT2D eigenvalue weighted by atomic mass is 10.2. The van der Waals surface area contributed by atoms with Gasteiger partial charge in [-0.05, 0) is 18.6 Å². The highest BCUT2D eigenvalue weighted by Crippen LogP contribution is 2.28. The summed E-state index contributed by atoms with van der Waals surface area (Å²) in [7, 11) is 0. The van der Waals surface area contributed by atoms with Crippen LogP contribution in [-0.4, -0.2) is 12.5 Å². The zero-order valence-electron chi connectivity index (χ0n) is 8.11. The van der Waals surface area contributed by atoms with Crippen molar-refractivity contribution in [2.75, 3.05) is 6.54 Å². The summed E-state index contributed by atoms with van der Waals surface area (Å²) in [5.41, 5.74) is 0.274. The molecule has 0 radical (unpaired) electrons. The van der Waals surface area contributed by atoms with Gasteiger partial charge in [0.1, 0.15) is 0 Å². The molecule has 1 amide bonds. The van der Waals surface area contributed by atoms with Crippen molar-refractivity contribution in [2.24, 2.45) is 0 Å². The molecule has 82 valence electrons. The molecular formula is C10H10Cl3NO. The topological polar surface area (TPSA) is 29.1 Å². The first-order valence-corrected chi connectivity index (χ1v) is 5.62. The van der Waals surface area contributed by atoms with Crippen LogP contribution in [0.15, 0.2) is 12.1 Å². The van der Waals surface area contributed by atoms with Gasteiger partial charge in [-0.15, -0.1) is 0 Å². The molecule has 0 spiro atoms. The van der Waals surface area contributed by atoms with E-state index in [-0.39, 0.29) is 21.5 Å². The van der Waals surface area contributed by atoms with E-state index in [1.807, 2.05) is 6.92 Å². The number of rotatable bonds is 3. The summed E-state index contributed by atoms with van der Waals surface area (Å²) in [5, 5.41) is 3.64. The lowest BCUT2D eigenvalue weighted by molar-refractivity contribution is 0.0954. The number of carbonyl (C=O) groups is 1. The Morgan fingerprint density at radius 2 is 1.80 bits per heavy atom. The molecule has 1 aromatic carbocycles. The van der Waals surface area contributed by atoms with Gasteiger partial charge in [-0.3, -0.25) is 4.79 Å². The van der Waals surface area contributed by atoms with E-state index in [1.54, 1.807) is 0 Å². The molecule has 15 heavy (non-hydrogen) atoms. The Morgan fingerprint density at radius 3 is 2.27 bits per heavy atom. The highest BCUT2D eigenvalue weighted by atomic mass is 35.5. The molecule has 0 fully saturated rings. The maximum absolute atomic E-state index is 11.6. The SMILES string of the molecule is CCCNC(=O)c1c(Cl)cc(Cl)cc1Cl. The average molecular weight is 267 g/mol. The van der Waals surface area contributed by atoms with Crippen LogP contribution in [0.3, 0.4) is 0 Å². The maximum Gasteiger partial charge on any atom is 0.254 e. The van der Waals surface area contributed by atoms with Crippen LogP contribution in [-0.2, 0) is 0 Å². The third kappa shape index (κ3) is 3.26. The van der Waals surface area contributed by atoms with Crippen molar-refractivity contribution >= 4 is 40.7 Å². The molecule has 0 aliphatic carbocycles. The first-order valence-electron chi connectivity index (χ1n) is 4.49. The lowest BCUT2D eigenvalue weighted by Gasteiger charge is -2.07. The first kappa shape index (κ1) is 12.6. The second-order valence-corrected chi connectivity index (χ2v) is 4.25. The molecule has 0 unspecified atom stereocenters. The van der Waals surface area contributed by atoms with Crippen LogP contribution >= 0.6 is 34.8 Å². The smallest absolute Gasteiger partial charge is 0.254 e. The van der Waals surface area contributed by atoms with Crippen LogP contribution in [0.2, 0.25) is 15.1 Å². The molecule has 0 aliphatic rings. The number of hydrogen-bond acceptors (Lipinski definition) is 1. The van der Waals surface area contributed by atoms with Crippen molar-refractivity contribution in [1.82, 2.24) is 5.32 Å². The molecule has 0 saturated carbocycles. The van der Waals surface area contributed by atoms with Crippen molar-refractivity contribution in [3.8, 4) is 0 Å². The van der Waals surface area contributed by atoms with E-state index in [0.717, 1.165) is 6.42 Å². The van der Waals surface area contributed by atoms with Gasteiger partial charge in [0.2, 0.25) is 0 Å². The summed E-state index contributed by atoms with van der Waals surface area (Å²) in [6.45, 7) is 2.56. The van der Waals surface area contributed by atoms with E-state index in [2.05, 4.69) is 5.32 Å². The minimum absolute atomic E-state index is 0.265. The summed E-state index contributed by atoms with van der Waals surface area (Å²) in [5.74, 6) is -0.275. The summed E-state index contributed by atoms with van der Waals surface area (Å²) >= 11 is 17.5. The minimum atomic E-state index is -0.275. The van der Waals surface area contributed by atoms with Crippen LogP contribution in [0.4, 0.5) is 0 Å². The molecule has 1 aromatic rings. The molecule has 0 bridgehead atoms. The Balaban J connectivity index is 2.98. The minimum Gasteiger partial charge on any atom is -0.352 e. The molecule has 2 nitrogen and oxygen atoms in total. The molecule has 0 aromatic heterocycles. The van der Waals surface area contributed by atoms with Crippen molar-refractivity contribution in [3.05, 3.63) is 32.8 Å². The monoisotopic (exact) mass is 265 g/mol. The highest BCUT2D eigenvalue weighted by molar-refractivity contribution is 6.42. The van der Waals surface area contributed by atoms with Crippen molar-refractivity contribution < 1.29 is 4.79 Å². The van der Waals surface area contributed by atoms with Crippen LogP contribution in [0.25, 0.3) is 0 Å². The Bertz CT molecular complexity index is 356. The number of halogens is 3. The first-order chi connectivity index (χ1) is 7.06. The van der Waals surface area contributed by atoms with Gasteiger partial charge in [0.15, 0.2) is 0 Å². The van der Waals surface area contributed by atoms with Gasteiger partial charge in [0, 0.05) is 11.6 Å². The summed E-state index contributed by atoms with van der Waals surface area (Å²) in [4.78, 5) is 11.6. The average Bonchev–Trinajstić information content (AvgIpc) is 2.12. The number of carbonyl (C=O) groups excluding carboxylic acids is 1. The van der Waals surface area contributed by atoms with Crippen molar-refractivity contribution in [1.29, 1.82) is 0 Å². The van der Waals surface area contributed by atoms with Gasteiger partial charge >= 0.3 is 0 Å². The normalized spacial score (nSPS) is 10.1. The molecule has 0 saturated heterocycles. The molecule has 5 heteroatoms. The van der Waals surface area contributed by atoms with E-state index in [0.29, 0.717) is 11.6 Å². The Kier molecular flexibility index (Phi) is 4.71. The van der Waals surface area contributed by atoms with E-state index in [1.165, 1.54) is 12.1 Å².